The Morgan fingerprint density at radius 2 is 1.74 bits per heavy atom. The Kier molecular flexibility index (Phi) is 2.53. The molecule has 1 aromatic rings. The lowest BCUT2D eigenvalue weighted by Crippen LogP contribution is -2.78. The molecular weight excluding hydrogens is 236 g/mol. The van der Waals surface area contributed by atoms with Crippen LogP contribution in [0.15, 0.2) is 30.3 Å². The van der Waals surface area contributed by atoms with Gasteiger partial charge in [-0.3, -0.25) is 9.80 Å². The molecule has 3 fully saturated rings. The first-order valence-corrected chi connectivity index (χ1v) is 7.27. The first-order valence-electron chi connectivity index (χ1n) is 7.27. The van der Waals surface area contributed by atoms with Crippen LogP contribution in [0, 0.1) is 5.41 Å². The number of hydrogen-bond acceptors (Lipinski definition) is 3. The number of benzene rings is 1. The summed E-state index contributed by atoms with van der Waals surface area (Å²) in [6, 6.07) is 10.8. The first-order chi connectivity index (χ1) is 9.18. The van der Waals surface area contributed by atoms with Crippen molar-refractivity contribution in [2.45, 2.75) is 19.0 Å². The third-order valence-corrected chi connectivity index (χ3v) is 5.01. The molecule has 0 aliphatic carbocycles. The van der Waals surface area contributed by atoms with Crippen LogP contribution in [0.25, 0.3) is 0 Å². The van der Waals surface area contributed by atoms with E-state index in [0.29, 0.717) is 11.0 Å². The van der Waals surface area contributed by atoms with Crippen LogP contribution in [0.4, 0.5) is 0 Å². The van der Waals surface area contributed by atoms with Crippen molar-refractivity contribution >= 4 is 0 Å². The van der Waals surface area contributed by atoms with E-state index >= 15 is 0 Å². The van der Waals surface area contributed by atoms with E-state index in [0.717, 1.165) is 19.8 Å². The zero-order valence-electron chi connectivity index (χ0n) is 11.6. The van der Waals surface area contributed by atoms with Crippen LogP contribution < -0.4 is 0 Å². The second kappa shape index (κ2) is 4.05. The lowest BCUT2D eigenvalue weighted by Gasteiger charge is -2.66. The molecule has 0 atom stereocenters. The summed E-state index contributed by atoms with van der Waals surface area (Å²) < 4.78 is 5.36. The summed E-state index contributed by atoms with van der Waals surface area (Å²) in [7, 11) is 0. The molecule has 0 N–H and O–H groups in total. The molecule has 19 heavy (non-hydrogen) atoms. The summed E-state index contributed by atoms with van der Waals surface area (Å²) in [6.07, 6.45) is 0. The quantitative estimate of drug-likeness (QED) is 0.819. The van der Waals surface area contributed by atoms with Gasteiger partial charge in [0, 0.05) is 38.1 Å². The topological polar surface area (TPSA) is 15.7 Å². The Morgan fingerprint density at radius 1 is 1.05 bits per heavy atom. The standard InChI is InChI=1S/C16H22N2O/c1-15(12-19-13-15)18-10-16(11-18)8-17(9-16)7-14-5-3-2-4-6-14/h2-6H,7-13H2,1H3. The third kappa shape index (κ3) is 1.92. The van der Waals surface area contributed by atoms with E-state index in [1.165, 1.54) is 31.7 Å². The molecule has 102 valence electrons. The van der Waals surface area contributed by atoms with Gasteiger partial charge in [0.05, 0.1) is 18.8 Å². The maximum atomic E-state index is 5.36. The molecule has 4 rings (SSSR count). The lowest BCUT2D eigenvalue weighted by atomic mass is 9.70. The van der Waals surface area contributed by atoms with Gasteiger partial charge in [0.25, 0.3) is 0 Å². The maximum absolute atomic E-state index is 5.36. The van der Waals surface area contributed by atoms with Gasteiger partial charge in [-0.25, -0.2) is 0 Å². The van der Waals surface area contributed by atoms with Gasteiger partial charge in [-0.15, -0.1) is 0 Å². The van der Waals surface area contributed by atoms with Crippen LogP contribution in [0.5, 0.6) is 0 Å². The molecule has 3 heteroatoms. The van der Waals surface area contributed by atoms with Gasteiger partial charge in [-0.05, 0) is 12.5 Å². The second-order valence-corrected chi connectivity index (χ2v) is 6.98. The van der Waals surface area contributed by atoms with Crippen LogP contribution in [-0.4, -0.2) is 54.7 Å². The van der Waals surface area contributed by atoms with Crippen molar-refractivity contribution in [3.05, 3.63) is 35.9 Å². The Morgan fingerprint density at radius 3 is 2.32 bits per heavy atom. The predicted molar refractivity (Wildman–Crippen MR) is 74.9 cm³/mol. The van der Waals surface area contributed by atoms with Crippen molar-refractivity contribution in [2.24, 2.45) is 5.41 Å². The zero-order valence-corrected chi connectivity index (χ0v) is 11.6. The van der Waals surface area contributed by atoms with E-state index in [1.807, 2.05) is 0 Å². The Bertz CT molecular complexity index is 455. The number of nitrogens with zero attached hydrogens (tertiary/aromatic N) is 2. The van der Waals surface area contributed by atoms with Crippen molar-refractivity contribution < 1.29 is 4.74 Å². The Balaban J connectivity index is 1.28. The van der Waals surface area contributed by atoms with Crippen molar-refractivity contribution in [3.8, 4) is 0 Å². The van der Waals surface area contributed by atoms with E-state index < -0.39 is 0 Å². The monoisotopic (exact) mass is 258 g/mol. The van der Waals surface area contributed by atoms with E-state index in [1.54, 1.807) is 0 Å². The average Bonchev–Trinajstić information content (AvgIpc) is 2.29. The van der Waals surface area contributed by atoms with Crippen LogP contribution in [0.1, 0.15) is 12.5 Å². The van der Waals surface area contributed by atoms with Gasteiger partial charge in [0.1, 0.15) is 0 Å². The largest absolute Gasteiger partial charge is 0.377 e. The summed E-state index contributed by atoms with van der Waals surface area (Å²) in [5.41, 5.74) is 2.39. The maximum Gasteiger partial charge on any atom is 0.0671 e. The molecule has 0 unspecified atom stereocenters. The lowest BCUT2D eigenvalue weighted by molar-refractivity contribution is -0.216. The number of hydrogen-bond donors (Lipinski definition) is 0. The molecular formula is C16H22N2O. The molecule has 0 saturated carbocycles. The van der Waals surface area contributed by atoms with Gasteiger partial charge in [-0.2, -0.15) is 0 Å². The zero-order chi connectivity index (χ0) is 12.9. The van der Waals surface area contributed by atoms with Crippen molar-refractivity contribution in [1.29, 1.82) is 0 Å². The summed E-state index contributed by atoms with van der Waals surface area (Å²) in [5, 5.41) is 0. The Labute approximate surface area is 115 Å². The highest BCUT2D eigenvalue weighted by Gasteiger charge is 2.57. The van der Waals surface area contributed by atoms with Crippen molar-refractivity contribution in [1.82, 2.24) is 9.80 Å². The van der Waals surface area contributed by atoms with Crippen LogP contribution >= 0.6 is 0 Å². The molecule has 0 bridgehead atoms. The molecule has 0 amide bonds. The van der Waals surface area contributed by atoms with Crippen LogP contribution in [-0.2, 0) is 11.3 Å². The van der Waals surface area contributed by atoms with Gasteiger partial charge < -0.3 is 4.74 Å². The molecule has 3 aliphatic heterocycles. The summed E-state index contributed by atoms with van der Waals surface area (Å²) >= 11 is 0. The van der Waals surface area contributed by atoms with Crippen molar-refractivity contribution in [3.63, 3.8) is 0 Å². The highest BCUT2D eigenvalue weighted by Crippen LogP contribution is 2.44. The molecule has 0 radical (unpaired) electrons. The van der Waals surface area contributed by atoms with Gasteiger partial charge >= 0.3 is 0 Å². The molecule has 3 nitrogen and oxygen atoms in total. The molecule has 3 saturated heterocycles. The third-order valence-electron chi connectivity index (χ3n) is 5.01. The fourth-order valence-electron chi connectivity index (χ4n) is 3.78. The minimum absolute atomic E-state index is 0.352. The number of likely N-dealkylation sites (tertiary alicyclic amines) is 2. The van der Waals surface area contributed by atoms with E-state index in [-0.39, 0.29) is 0 Å². The Hall–Kier alpha value is -0.900. The minimum Gasteiger partial charge on any atom is -0.377 e. The number of rotatable bonds is 3. The van der Waals surface area contributed by atoms with Crippen molar-refractivity contribution in [2.75, 3.05) is 39.4 Å². The summed E-state index contributed by atoms with van der Waals surface area (Å²) in [5.74, 6) is 0. The van der Waals surface area contributed by atoms with Gasteiger partial charge in [0.15, 0.2) is 0 Å². The van der Waals surface area contributed by atoms with Gasteiger partial charge in [-0.1, -0.05) is 30.3 Å². The second-order valence-electron chi connectivity index (χ2n) is 6.98. The fourth-order valence-corrected chi connectivity index (χ4v) is 3.78. The van der Waals surface area contributed by atoms with E-state index in [9.17, 15) is 0 Å². The SMILES string of the molecule is CC1(N2CC3(CN(Cc4ccccc4)C3)C2)COC1. The molecule has 3 heterocycles. The smallest absolute Gasteiger partial charge is 0.0671 e. The number of ether oxygens (including phenoxy) is 1. The normalized spacial score (nSPS) is 28.5. The highest BCUT2D eigenvalue weighted by molar-refractivity contribution is 5.17. The highest BCUT2D eigenvalue weighted by atomic mass is 16.5. The van der Waals surface area contributed by atoms with Crippen LogP contribution in [0.2, 0.25) is 0 Å². The predicted octanol–water partition coefficient (Wildman–Crippen LogP) is 1.59. The molecule has 3 aliphatic rings. The molecule has 0 aromatic heterocycles. The fraction of sp³-hybridized carbons (Fsp3) is 0.625. The molecule has 1 aromatic carbocycles. The van der Waals surface area contributed by atoms with Crippen LogP contribution in [0.3, 0.4) is 0 Å². The summed E-state index contributed by atoms with van der Waals surface area (Å²) in [6.45, 7) is 10.4. The van der Waals surface area contributed by atoms with E-state index in [2.05, 4.69) is 47.1 Å². The average molecular weight is 258 g/mol. The minimum atomic E-state index is 0.352. The molecule has 1 spiro atoms. The van der Waals surface area contributed by atoms with Gasteiger partial charge in [0.2, 0.25) is 0 Å². The summed E-state index contributed by atoms with van der Waals surface area (Å²) in [4.78, 5) is 5.20. The van der Waals surface area contributed by atoms with E-state index in [4.69, 9.17) is 4.74 Å². The first kappa shape index (κ1) is 11.9.